The number of carbonyl (C=O) groups excluding carboxylic acids is 2. The zero-order chi connectivity index (χ0) is 28.3. The standard InChI is InChI=1S/C33H34N6O2/c1-22(24-10-4-3-5-11-24)35-32(40)25-13-14-29-28(18-25)30(33(41)37-29)31(26-19-34-38(2)21-26)36-27-12-8-9-23(17-27)20-39-15-6-7-16-39/h3-5,8-14,17-19,21-22,36H,6-7,15-16,20H2,1-2H3,(H,35,40)(H,37,41)/t22-/m1/s1. The second kappa shape index (κ2) is 11.4. The van der Waals surface area contributed by atoms with Crippen molar-refractivity contribution in [1.29, 1.82) is 0 Å². The highest BCUT2D eigenvalue weighted by atomic mass is 16.2. The van der Waals surface area contributed by atoms with Gasteiger partial charge in [0.05, 0.1) is 23.5 Å². The van der Waals surface area contributed by atoms with Crippen LogP contribution in [0.15, 0.2) is 85.2 Å². The molecule has 2 aliphatic rings. The highest BCUT2D eigenvalue weighted by Gasteiger charge is 2.30. The third-order valence-corrected chi connectivity index (χ3v) is 7.72. The molecule has 0 radical (unpaired) electrons. The number of nitrogens with zero attached hydrogens (tertiary/aromatic N) is 3. The average molecular weight is 547 g/mol. The van der Waals surface area contributed by atoms with Crippen LogP contribution in [0.4, 0.5) is 11.4 Å². The Kier molecular flexibility index (Phi) is 7.39. The second-order valence-electron chi connectivity index (χ2n) is 10.8. The van der Waals surface area contributed by atoms with E-state index >= 15 is 0 Å². The highest BCUT2D eigenvalue weighted by molar-refractivity contribution is 6.37. The molecule has 3 N–H and O–H groups in total. The molecule has 1 atom stereocenters. The van der Waals surface area contributed by atoms with E-state index in [1.165, 1.54) is 18.4 Å². The third-order valence-electron chi connectivity index (χ3n) is 7.72. The Morgan fingerprint density at radius 2 is 1.80 bits per heavy atom. The molecule has 0 bridgehead atoms. The SMILES string of the molecule is C[C@@H](NC(=O)c1ccc2c(c1)C(=C(Nc1cccc(CN3CCCC3)c1)c1cnn(C)c1)C(=O)N2)c1ccccc1. The molecule has 1 fully saturated rings. The van der Waals surface area contributed by atoms with Crippen LogP contribution in [0.3, 0.4) is 0 Å². The molecule has 3 aromatic carbocycles. The van der Waals surface area contributed by atoms with E-state index in [0.717, 1.165) is 36.4 Å². The first-order valence-corrected chi connectivity index (χ1v) is 14.1. The molecule has 6 rings (SSSR count). The van der Waals surface area contributed by atoms with Crippen molar-refractivity contribution in [2.45, 2.75) is 32.4 Å². The summed E-state index contributed by atoms with van der Waals surface area (Å²) in [6, 6.07) is 23.3. The van der Waals surface area contributed by atoms with Crippen molar-refractivity contribution in [1.82, 2.24) is 20.0 Å². The summed E-state index contributed by atoms with van der Waals surface area (Å²) in [5, 5.41) is 14.0. The molecule has 0 unspecified atom stereocenters. The molecule has 0 aliphatic carbocycles. The van der Waals surface area contributed by atoms with Gasteiger partial charge in [-0.3, -0.25) is 19.2 Å². The minimum atomic E-state index is -0.227. The van der Waals surface area contributed by atoms with Crippen LogP contribution in [0, 0.1) is 0 Å². The van der Waals surface area contributed by atoms with E-state index in [1.807, 2.05) is 62.6 Å². The number of nitrogens with one attached hydrogen (secondary N) is 3. The Balaban J connectivity index is 1.34. The van der Waals surface area contributed by atoms with Crippen LogP contribution < -0.4 is 16.0 Å². The first-order valence-electron chi connectivity index (χ1n) is 14.1. The molecule has 2 aliphatic heterocycles. The normalized spacial score (nSPS) is 16.7. The number of amides is 2. The molecule has 208 valence electrons. The largest absolute Gasteiger partial charge is 0.354 e. The maximum Gasteiger partial charge on any atom is 0.258 e. The second-order valence-corrected chi connectivity index (χ2v) is 10.8. The monoisotopic (exact) mass is 546 g/mol. The molecule has 0 saturated carbocycles. The lowest BCUT2D eigenvalue weighted by atomic mass is 9.99. The van der Waals surface area contributed by atoms with Gasteiger partial charge < -0.3 is 16.0 Å². The van der Waals surface area contributed by atoms with Crippen LogP contribution in [-0.4, -0.2) is 39.6 Å². The molecule has 4 aromatic rings. The van der Waals surface area contributed by atoms with Crippen molar-refractivity contribution in [3.05, 3.63) is 113 Å². The summed E-state index contributed by atoms with van der Waals surface area (Å²) >= 11 is 0. The summed E-state index contributed by atoms with van der Waals surface area (Å²) in [6.45, 7) is 5.11. The van der Waals surface area contributed by atoms with E-state index in [2.05, 4.69) is 38.1 Å². The smallest absolute Gasteiger partial charge is 0.258 e. The van der Waals surface area contributed by atoms with Crippen LogP contribution in [0.2, 0.25) is 0 Å². The van der Waals surface area contributed by atoms with Gasteiger partial charge in [-0.1, -0.05) is 42.5 Å². The van der Waals surface area contributed by atoms with Crippen LogP contribution in [-0.2, 0) is 18.4 Å². The Bertz CT molecular complexity index is 1620. The average Bonchev–Trinajstić information content (AvgIpc) is 3.72. The molecule has 8 heteroatoms. The molecule has 3 heterocycles. The van der Waals surface area contributed by atoms with E-state index in [-0.39, 0.29) is 17.9 Å². The maximum absolute atomic E-state index is 13.4. The molecular weight excluding hydrogens is 512 g/mol. The number of rotatable bonds is 8. The lowest BCUT2D eigenvalue weighted by Gasteiger charge is -2.17. The number of anilines is 2. The first kappa shape index (κ1) is 26.5. The predicted octanol–water partition coefficient (Wildman–Crippen LogP) is 5.44. The van der Waals surface area contributed by atoms with Crippen molar-refractivity contribution in [2.75, 3.05) is 23.7 Å². The molecule has 41 heavy (non-hydrogen) atoms. The van der Waals surface area contributed by atoms with Gasteiger partial charge in [0.25, 0.3) is 11.8 Å². The number of likely N-dealkylation sites (tertiary alicyclic amines) is 1. The molecular formula is C33H34N6O2. The van der Waals surface area contributed by atoms with E-state index in [9.17, 15) is 9.59 Å². The lowest BCUT2D eigenvalue weighted by Crippen LogP contribution is -2.26. The van der Waals surface area contributed by atoms with Crippen LogP contribution in [0.1, 0.15) is 58.4 Å². The fourth-order valence-corrected chi connectivity index (χ4v) is 5.58. The molecule has 1 saturated heterocycles. The van der Waals surface area contributed by atoms with Crippen LogP contribution in [0.25, 0.3) is 11.3 Å². The quantitative estimate of drug-likeness (QED) is 0.256. The van der Waals surface area contributed by atoms with E-state index in [0.29, 0.717) is 28.1 Å². The van der Waals surface area contributed by atoms with Crippen molar-refractivity contribution in [3.63, 3.8) is 0 Å². The molecule has 2 amide bonds. The lowest BCUT2D eigenvalue weighted by molar-refractivity contribution is -0.110. The number of fused-ring (bicyclic) bond motifs is 1. The Labute approximate surface area is 240 Å². The van der Waals surface area contributed by atoms with Crippen LogP contribution >= 0.6 is 0 Å². The Hall–Kier alpha value is -4.69. The van der Waals surface area contributed by atoms with Crippen molar-refractivity contribution < 1.29 is 9.59 Å². The fourth-order valence-electron chi connectivity index (χ4n) is 5.58. The summed E-state index contributed by atoms with van der Waals surface area (Å²) < 4.78 is 1.71. The van der Waals surface area contributed by atoms with Crippen molar-refractivity contribution in [3.8, 4) is 0 Å². The van der Waals surface area contributed by atoms with Gasteiger partial charge in [-0.2, -0.15) is 5.10 Å². The Morgan fingerprint density at radius 1 is 1.00 bits per heavy atom. The van der Waals surface area contributed by atoms with Gasteiger partial charge in [0.1, 0.15) is 0 Å². The number of hydrogen-bond acceptors (Lipinski definition) is 5. The summed E-state index contributed by atoms with van der Waals surface area (Å²) in [6.07, 6.45) is 6.11. The molecule has 8 nitrogen and oxygen atoms in total. The van der Waals surface area contributed by atoms with Gasteiger partial charge in [0.15, 0.2) is 0 Å². The summed E-state index contributed by atoms with van der Waals surface area (Å²) in [7, 11) is 1.85. The van der Waals surface area contributed by atoms with Crippen molar-refractivity contribution >= 4 is 34.5 Å². The van der Waals surface area contributed by atoms with E-state index < -0.39 is 0 Å². The van der Waals surface area contributed by atoms with E-state index in [1.54, 1.807) is 29.1 Å². The summed E-state index contributed by atoms with van der Waals surface area (Å²) in [4.78, 5) is 29.2. The Morgan fingerprint density at radius 3 is 2.56 bits per heavy atom. The number of carbonyl (C=O) groups is 2. The van der Waals surface area contributed by atoms with Gasteiger partial charge >= 0.3 is 0 Å². The van der Waals surface area contributed by atoms with Gasteiger partial charge in [-0.15, -0.1) is 0 Å². The minimum Gasteiger partial charge on any atom is -0.354 e. The van der Waals surface area contributed by atoms with Crippen LogP contribution in [0.5, 0.6) is 0 Å². The summed E-state index contributed by atoms with van der Waals surface area (Å²) in [5.74, 6) is -0.428. The van der Waals surface area contributed by atoms with Gasteiger partial charge in [-0.25, -0.2) is 0 Å². The first-order chi connectivity index (χ1) is 19.9. The zero-order valence-electron chi connectivity index (χ0n) is 23.4. The van der Waals surface area contributed by atoms with Gasteiger partial charge in [0.2, 0.25) is 0 Å². The third kappa shape index (κ3) is 5.78. The fraction of sp³-hybridized carbons (Fsp3) is 0.242. The topological polar surface area (TPSA) is 91.3 Å². The number of benzene rings is 3. The number of aryl methyl sites for hydroxylation is 1. The zero-order valence-corrected chi connectivity index (χ0v) is 23.4. The van der Waals surface area contributed by atoms with Crippen molar-refractivity contribution in [2.24, 2.45) is 7.05 Å². The molecule has 1 aromatic heterocycles. The van der Waals surface area contributed by atoms with E-state index in [4.69, 9.17) is 0 Å². The molecule has 0 spiro atoms. The number of aromatic nitrogens is 2. The maximum atomic E-state index is 13.4. The predicted molar refractivity (Wildman–Crippen MR) is 162 cm³/mol. The number of hydrogen-bond donors (Lipinski definition) is 3. The highest BCUT2D eigenvalue weighted by Crippen LogP contribution is 2.38. The van der Waals surface area contributed by atoms with Gasteiger partial charge in [0, 0.05) is 47.9 Å². The minimum absolute atomic E-state index is 0.160. The van der Waals surface area contributed by atoms with Gasteiger partial charge in [-0.05, 0) is 74.3 Å². The summed E-state index contributed by atoms with van der Waals surface area (Å²) in [5.41, 5.74) is 6.86.